The third-order valence-corrected chi connectivity index (χ3v) is 3.87. The molecule has 2 N–H and O–H groups in total. The Kier molecular flexibility index (Phi) is 3.74. The van der Waals surface area contributed by atoms with Crippen molar-refractivity contribution >= 4 is 16.7 Å². The van der Waals surface area contributed by atoms with Crippen molar-refractivity contribution in [1.29, 1.82) is 0 Å². The molecule has 0 aliphatic carbocycles. The highest BCUT2D eigenvalue weighted by molar-refractivity contribution is 5.78. The number of hydrogen-bond acceptors (Lipinski definition) is 6. The first kappa shape index (κ1) is 15.1. The highest BCUT2D eigenvalue weighted by Gasteiger charge is 2.13. The minimum atomic E-state index is -0.159. The third kappa shape index (κ3) is 2.99. The maximum absolute atomic E-state index is 12.2. The summed E-state index contributed by atoms with van der Waals surface area (Å²) in [6.07, 6.45) is 0.263. The van der Waals surface area contributed by atoms with Crippen LogP contribution >= 0.6 is 0 Å². The zero-order valence-corrected chi connectivity index (χ0v) is 13.5. The van der Waals surface area contributed by atoms with Gasteiger partial charge in [0.25, 0.3) is 5.56 Å². The second-order valence-corrected chi connectivity index (χ2v) is 5.56. The fraction of sp³-hybridized carbons (Fsp3) is 0.111. The number of rotatable bonds is 4. The van der Waals surface area contributed by atoms with Gasteiger partial charge in [-0.1, -0.05) is 29.4 Å². The number of aromatic amines is 1. The van der Waals surface area contributed by atoms with Crippen molar-refractivity contribution < 1.29 is 4.52 Å². The fourth-order valence-corrected chi connectivity index (χ4v) is 2.62. The molecule has 1 aromatic carbocycles. The molecule has 3 heterocycles. The second kappa shape index (κ2) is 6.20. The summed E-state index contributed by atoms with van der Waals surface area (Å²) in [6, 6.07) is 15.0. The van der Waals surface area contributed by atoms with Crippen LogP contribution in [0.3, 0.4) is 0 Å². The maximum Gasteiger partial charge on any atom is 0.252 e. The van der Waals surface area contributed by atoms with E-state index in [0.29, 0.717) is 23.0 Å². The van der Waals surface area contributed by atoms with E-state index in [9.17, 15) is 4.79 Å². The lowest BCUT2D eigenvalue weighted by molar-refractivity contribution is 0.385. The van der Waals surface area contributed by atoms with E-state index in [2.05, 4.69) is 25.4 Å². The monoisotopic (exact) mass is 333 g/mol. The summed E-state index contributed by atoms with van der Waals surface area (Å²) in [7, 11) is 1.79. The summed E-state index contributed by atoms with van der Waals surface area (Å²) in [5.41, 5.74) is 1.82. The normalized spacial score (nSPS) is 10.9. The first-order chi connectivity index (χ1) is 12.2. The Bertz CT molecular complexity index is 1100. The lowest BCUT2D eigenvalue weighted by Crippen LogP contribution is -2.12. The van der Waals surface area contributed by atoms with E-state index in [0.717, 1.165) is 16.7 Å². The minimum Gasteiger partial charge on any atom is -0.373 e. The number of anilines is 1. The Morgan fingerprint density at radius 3 is 2.88 bits per heavy atom. The SMILES string of the molecule is CNc1cccc(-c2noc(Cc3cc4ccccc4[nH]c3=O)n2)n1. The van der Waals surface area contributed by atoms with Crippen LogP contribution in [0, 0.1) is 0 Å². The van der Waals surface area contributed by atoms with Crippen LogP contribution in [0.25, 0.3) is 22.4 Å². The molecule has 0 amide bonds. The average Bonchev–Trinajstić information content (AvgIpc) is 3.11. The van der Waals surface area contributed by atoms with Gasteiger partial charge in [-0.25, -0.2) is 4.98 Å². The molecule has 7 heteroatoms. The van der Waals surface area contributed by atoms with E-state index >= 15 is 0 Å². The number of benzene rings is 1. The van der Waals surface area contributed by atoms with Gasteiger partial charge in [0.15, 0.2) is 0 Å². The largest absolute Gasteiger partial charge is 0.373 e. The molecule has 4 rings (SSSR count). The second-order valence-electron chi connectivity index (χ2n) is 5.56. The Hall–Kier alpha value is -3.48. The predicted molar refractivity (Wildman–Crippen MR) is 94.5 cm³/mol. The van der Waals surface area contributed by atoms with Crippen LogP contribution in [-0.4, -0.2) is 27.2 Å². The van der Waals surface area contributed by atoms with Gasteiger partial charge in [0.2, 0.25) is 11.7 Å². The smallest absolute Gasteiger partial charge is 0.252 e. The molecule has 7 nitrogen and oxygen atoms in total. The first-order valence-electron chi connectivity index (χ1n) is 7.81. The van der Waals surface area contributed by atoms with Gasteiger partial charge in [-0.05, 0) is 29.7 Å². The zero-order valence-electron chi connectivity index (χ0n) is 13.5. The van der Waals surface area contributed by atoms with E-state index in [4.69, 9.17) is 4.52 Å². The Morgan fingerprint density at radius 2 is 2.00 bits per heavy atom. The van der Waals surface area contributed by atoms with Gasteiger partial charge in [-0.3, -0.25) is 4.79 Å². The van der Waals surface area contributed by atoms with Crippen LogP contribution in [0.4, 0.5) is 5.82 Å². The molecular weight excluding hydrogens is 318 g/mol. The van der Waals surface area contributed by atoms with E-state index in [1.54, 1.807) is 13.1 Å². The van der Waals surface area contributed by atoms with Gasteiger partial charge < -0.3 is 14.8 Å². The third-order valence-electron chi connectivity index (χ3n) is 3.87. The number of para-hydroxylation sites is 1. The Labute approximate surface area is 142 Å². The molecule has 0 bridgehead atoms. The topological polar surface area (TPSA) is 96.7 Å². The molecular formula is C18H15N5O2. The molecule has 0 atom stereocenters. The van der Waals surface area contributed by atoms with E-state index < -0.39 is 0 Å². The molecule has 0 aliphatic heterocycles. The van der Waals surface area contributed by atoms with Crippen LogP contribution in [0.1, 0.15) is 11.5 Å². The molecule has 0 unspecified atom stereocenters. The van der Waals surface area contributed by atoms with Gasteiger partial charge in [0.1, 0.15) is 11.5 Å². The molecule has 3 aromatic heterocycles. The van der Waals surface area contributed by atoms with E-state index in [-0.39, 0.29) is 12.0 Å². The Morgan fingerprint density at radius 1 is 1.12 bits per heavy atom. The summed E-state index contributed by atoms with van der Waals surface area (Å²) in [6.45, 7) is 0. The molecule has 0 aliphatic rings. The molecule has 0 fully saturated rings. The maximum atomic E-state index is 12.2. The van der Waals surface area contributed by atoms with Gasteiger partial charge in [-0.15, -0.1) is 0 Å². The summed E-state index contributed by atoms with van der Waals surface area (Å²) < 4.78 is 5.29. The van der Waals surface area contributed by atoms with Crippen molar-refractivity contribution in [1.82, 2.24) is 20.1 Å². The van der Waals surface area contributed by atoms with E-state index in [1.165, 1.54) is 0 Å². The van der Waals surface area contributed by atoms with Gasteiger partial charge in [0.05, 0.1) is 6.42 Å². The van der Waals surface area contributed by atoms with Crippen LogP contribution in [0.5, 0.6) is 0 Å². The minimum absolute atomic E-state index is 0.159. The highest BCUT2D eigenvalue weighted by Crippen LogP contribution is 2.17. The number of nitrogens with zero attached hydrogens (tertiary/aromatic N) is 3. The number of aromatic nitrogens is 4. The molecule has 0 radical (unpaired) electrons. The number of H-pyrrole nitrogens is 1. The molecule has 25 heavy (non-hydrogen) atoms. The molecule has 0 saturated carbocycles. The summed E-state index contributed by atoms with van der Waals surface area (Å²) in [5, 5.41) is 7.89. The van der Waals surface area contributed by atoms with Crippen molar-refractivity contribution in [2.75, 3.05) is 12.4 Å². The predicted octanol–water partition coefficient (Wildman–Crippen LogP) is 2.61. The first-order valence-corrected chi connectivity index (χ1v) is 7.81. The summed E-state index contributed by atoms with van der Waals surface area (Å²) in [5.74, 6) is 1.48. The molecule has 0 saturated heterocycles. The van der Waals surface area contributed by atoms with Crippen LogP contribution in [-0.2, 0) is 6.42 Å². The summed E-state index contributed by atoms with van der Waals surface area (Å²) >= 11 is 0. The highest BCUT2D eigenvalue weighted by atomic mass is 16.5. The molecule has 0 spiro atoms. The van der Waals surface area contributed by atoms with Gasteiger partial charge in [0, 0.05) is 18.1 Å². The van der Waals surface area contributed by atoms with Crippen molar-refractivity contribution in [2.24, 2.45) is 0 Å². The lowest BCUT2D eigenvalue weighted by atomic mass is 10.1. The zero-order chi connectivity index (χ0) is 17.2. The van der Waals surface area contributed by atoms with Gasteiger partial charge in [-0.2, -0.15) is 4.98 Å². The van der Waals surface area contributed by atoms with Crippen LogP contribution in [0.15, 0.2) is 57.8 Å². The van der Waals surface area contributed by atoms with E-state index in [1.807, 2.05) is 42.5 Å². The fourth-order valence-electron chi connectivity index (χ4n) is 2.62. The van der Waals surface area contributed by atoms with Crippen molar-refractivity contribution in [3.63, 3.8) is 0 Å². The number of hydrogen-bond donors (Lipinski definition) is 2. The van der Waals surface area contributed by atoms with Crippen molar-refractivity contribution in [3.8, 4) is 11.5 Å². The van der Waals surface area contributed by atoms with Crippen molar-refractivity contribution in [2.45, 2.75) is 6.42 Å². The van der Waals surface area contributed by atoms with Crippen LogP contribution in [0.2, 0.25) is 0 Å². The molecule has 124 valence electrons. The summed E-state index contributed by atoms with van der Waals surface area (Å²) in [4.78, 5) is 23.8. The quantitative estimate of drug-likeness (QED) is 0.596. The lowest BCUT2D eigenvalue weighted by Gasteiger charge is -2.00. The molecule has 4 aromatic rings. The number of nitrogens with one attached hydrogen (secondary N) is 2. The standard InChI is InChI=1S/C18H15N5O2/c1-19-15-8-4-7-14(20-15)17-22-16(25-23-17)10-12-9-11-5-2-3-6-13(11)21-18(12)24/h2-9H,10H2,1H3,(H,19,20)(H,21,24). The average molecular weight is 333 g/mol. The Balaban J connectivity index is 1.65. The number of fused-ring (bicyclic) bond motifs is 1. The number of pyridine rings is 2. The van der Waals surface area contributed by atoms with Crippen LogP contribution < -0.4 is 10.9 Å². The van der Waals surface area contributed by atoms with Gasteiger partial charge >= 0.3 is 0 Å². The van der Waals surface area contributed by atoms with Crippen molar-refractivity contribution in [3.05, 3.63) is 70.3 Å².